The number of hydrogen-bond donors (Lipinski definition) is 1. The maximum Gasteiger partial charge on any atom is 0.196 e. The van der Waals surface area contributed by atoms with Crippen molar-refractivity contribution in [3.05, 3.63) is 11.6 Å². The molecular weight excluding hydrogens is 240 g/mol. The second-order valence-corrected chi connectivity index (χ2v) is 3.39. The summed E-state index contributed by atoms with van der Waals surface area (Å²) >= 11 is 0. The van der Waals surface area contributed by atoms with Crippen LogP contribution in [-0.4, -0.2) is 45.9 Å². The van der Waals surface area contributed by atoms with Crippen LogP contribution in [0.25, 0.3) is 0 Å². The van der Waals surface area contributed by atoms with E-state index >= 15 is 0 Å². The van der Waals surface area contributed by atoms with E-state index < -0.39 is 5.78 Å². The Morgan fingerprint density at radius 1 is 1.11 bits per heavy atom. The highest BCUT2D eigenvalue weighted by atomic mass is 16.5. The Hall–Kier alpha value is -1.95. The zero-order valence-corrected chi connectivity index (χ0v) is 10.8. The molecule has 0 aliphatic heterocycles. The molecule has 0 atom stereocenters. The van der Waals surface area contributed by atoms with E-state index in [0.717, 1.165) is 0 Å². The number of carbonyl (C=O) groups is 1. The van der Waals surface area contributed by atoms with Crippen LogP contribution in [-0.2, 0) is 4.74 Å². The number of ether oxygens (including phenoxy) is 4. The van der Waals surface area contributed by atoms with Crippen LogP contribution < -0.4 is 14.2 Å². The number of phenols is 1. The minimum atomic E-state index is -0.427. The van der Waals surface area contributed by atoms with Crippen LogP contribution in [0.4, 0.5) is 0 Å². The maximum absolute atomic E-state index is 11.9. The number of benzene rings is 1. The summed E-state index contributed by atoms with van der Waals surface area (Å²) in [6, 6.07) is 1.44. The monoisotopic (exact) mass is 256 g/mol. The summed E-state index contributed by atoms with van der Waals surface area (Å²) in [5.41, 5.74) is -0.0180. The molecule has 0 amide bonds. The SMILES string of the molecule is COCC(=O)c1c(O)c(OC)cc(OC)c1OC. The molecule has 6 heteroatoms. The molecule has 0 fully saturated rings. The Kier molecular flexibility index (Phi) is 4.79. The predicted octanol–water partition coefficient (Wildman–Crippen LogP) is 1.25. The summed E-state index contributed by atoms with van der Waals surface area (Å²) in [6.07, 6.45) is 0. The average Bonchev–Trinajstić information content (AvgIpc) is 2.38. The van der Waals surface area contributed by atoms with Crippen molar-refractivity contribution in [2.75, 3.05) is 35.0 Å². The topological polar surface area (TPSA) is 74.2 Å². The molecule has 0 bridgehead atoms. The standard InChI is InChI=1S/C12H16O6/c1-15-6-7(13)10-11(14)8(16-2)5-9(17-3)12(10)18-4/h5,14H,6H2,1-4H3. The highest BCUT2D eigenvalue weighted by Crippen LogP contribution is 2.43. The van der Waals surface area contributed by atoms with Crippen LogP contribution in [0, 0.1) is 0 Å². The van der Waals surface area contributed by atoms with Crippen LogP contribution in [0.5, 0.6) is 23.0 Å². The first-order chi connectivity index (χ1) is 8.60. The van der Waals surface area contributed by atoms with E-state index in [1.54, 1.807) is 0 Å². The third-order valence-electron chi connectivity index (χ3n) is 2.38. The van der Waals surface area contributed by atoms with Gasteiger partial charge in [-0.1, -0.05) is 0 Å². The van der Waals surface area contributed by atoms with Crippen LogP contribution in [0.15, 0.2) is 6.07 Å². The molecule has 0 saturated carbocycles. The molecule has 0 aliphatic carbocycles. The lowest BCUT2D eigenvalue weighted by molar-refractivity contribution is 0.0840. The van der Waals surface area contributed by atoms with Gasteiger partial charge in [-0.15, -0.1) is 0 Å². The van der Waals surface area contributed by atoms with Crippen molar-refractivity contribution in [2.24, 2.45) is 0 Å². The van der Waals surface area contributed by atoms with E-state index in [0.29, 0.717) is 5.75 Å². The summed E-state index contributed by atoms with van der Waals surface area (Å²) in [6.45, 7) is -0.180. The summed E-state index contributed by atoms with van der Waals surface area (Å²) < 4.78 is 19.9. The summed E-state index contributed by atoms with van der Waals surface area (Å²) in [7, 11) is 5.58. The van der Waals surface area contributed by atoms with Crippen LogP contribution in [0.1, 0.15) is 10.4 Å². The van der Waals surface area contributed by atoms with Gasteiger partial charge in [0.2, 0.25) is 0 Å². The fourth-order valence-corrected chi connectivity index (χ4v) is 1.58. The quantitative estimate of drug-likeness (QED) is 0.772. The second kappa shape index (κ2) is 6.11. The number of hydrogen-bond acceptors (Lipinski definition) is 6. The molecule has 1 aromatic rings. The Morgan fingerprint density at radius 2 is 1.72 bits per heavy atom. The van der Waals surface area contributed by atoms with Crippen molar-refractivity contribution in [3.8, 4) is 23.0 Å². The van der Waals surface area contributed by atoms with Gasteiger partial charge in [-0.2, -0.15) is 0 Å². The minimum Gasteiger partial charge on any atom is -0.504 e. The summed E-state index contributed by atoms with van der Waals surface area (Å²) in [5.74, 6) is -0.141. The lowest BCUT2D eigenvalue weighted by Crippen LogP contribution is -2.10. The highest BCUT2D eigenvalue weighted by Gasteiger charge is 2.25. The first kappa shape index (κ1) is 14.1. The third-order valence-corrected chi connectivity index (χ3v) is 2.38. The van der Waals surface area contributed by atoms with Crippen molar-refractivity contribution in [3.63, 3.8) is 0 Å². The van der Waals surface area contributed by atoms with Gasteiger partial charge in [0.25, 0.3) is 0 Å². The molecule has 0 radical (unpaired) electrons. The molecule has 1 aromatic carbocycles. The van der Waals surface area contributed by atoms with Gasteiger partial charge in [-0.25, -0.2) is 0 Å². The van der Waals surface area contributed by atoms with E-state index in [9.17, 15) is 9.90 Å². The molecule has 6 nitrogen and oxygen atoms in total. The number of rotatable bonds is 6. The van der Waals surface area contributed by atoms with Gasteiger partial charge in [0.05, 0.1) is 21.3 Å². The molecule has 0 heterocycles. The lowest BCUT2D eigenvalue weighted by atomic mass is 10.1. The third kappa shape index (κ3) is 2.48. The van der Waals surface area contributed by atoms with Gasteiger partial charge in [-0.05, 0) is 0 Å². The van der Waals surface area contributed by atoms with Gasteiger partial charge in [0, 0.05) is 13.2 Å². The second-order valence-electron chi connectivity index (χ2n) is 3.39. The number of phenolic OH excluding ortho intramolecular Hbond substituents is 1. The number of methoxy groups -OCH3 is 4. The zero-order valence-electron chi connectivity index (χ0n) is 10.8. The Morgan fingerprint density at radius 3 is 2.17 bits per heavy atom. The van der Waals surface area contributed by atoms with Crippen LogP contribution in [0.3, 0.4) is 0 Å². The van der Waals surface area contributed by atoms with E-state index in [1.165, 1.54) is 34.5 Å². The molecule has 1 N–H and O–H groups in total. The van der Waals surface area contributed by atoms with E-state index in [4.69, 9.17) is 18.9 Å². The van der Waals surface area contributed by atoms with Crippen molar-refractivity contribution >= 4 is 5.78 Å². The van der Waals surface area contributed by atoms with Gasteiger partial charge in [0.15, 0.2) is 28.8 Å². The van der Waals surface area contributed by atoms with E-state index in [-0.39, 0.29) is 29.4 Å². The van der Waals surface area contributed by atoms with Gasteiger partial charge < -0.3 is 24.1 Å². The maximum atomic E-state index is 11.9. The number of aromatic hydroxyl groups is 1. The average molecular weight is 256 g/mol. The van der Waals surface area contributed by atoms with Crippen LogP contribution >= 0.6 is 0 Å². The first-order valence-electron chi connectivity index (χ1n) is 5.14. The molecule has 0 spiro atoms. The minimum absolute atomic E-state index is 0.0180. The molecule has 0 aromatic heterocycles. The molecule has 0 aliphatic rings. The zero-order chi connectivity index (χ0) is 13.7. The first-order valence-corrected chi connectivity index (χ1v) is 5.14. The summed E-state index contributed by atoms with van der Waals surface area (Å²) in [5, 5.41) is 9.98. The number of ketones is 1. The predicted molar refractivity (Wildman–Crippen MR) is 64.0 cm³/mol. The lowest BCUT2D eigenvalue weighted by Gasteiger charge is -2.15. The van der Waals surface area contributed by atoms with Gasteiger partial charge >= 0.3 is 0 Å². The Balaban J connectivity index is 3.47. The van der Waals surface area contributed by atoms with Gasteiger partial charge in [-0.3, -0.25) is 4.79 Å². The van der Waals surface area contributed by atoms with Crippen molar-refractivity contribution in [1.29, 1.82) is 0 Å². The molecule has 18 heavy (non-hydrogen) atoms. The normalized spacial score (nSPS) is 10.0. The molecule has 100 valence electrons. The van der Waals surface area contributed by atoms with Gasteiger partial charge in [0.1, 0.15) is 12.2 Å². The van der Waals surface area contributed by atoms with Crippen molar-refractivity contribution < 1.29 is 28.8 Å². The fourth-order valence-electron chi connectivity index (χ4n) is 1.58. The molecule has 0 saturated heterocycles. The smallest absolute Gasteiger partial charge is 0.196 e. The Labute approximate surface area is 105 Å². The number of carbonyl (C=O) groups excluding carboxylic acids is 1. The van der Waals surface area contributed by atoms with Crippen LogP contribution in [0.2, 0.25) is 0 Å². The highest BCUT2D eigenvalue weighted by molar-refractivity contribution is 6.03. The van der Waals surface area contributed by atoms with E-state index in [2.05, 4.69) is 0 Å². The van der Waals surface area contributed by atoms with E-state index in [1.807, 2.05) is 0 Å². The number of Topliss-reactive ketones (excluding diaryl/α,β-unsaturated/α-hetero) is 1. The van der Waals surface area contributed by atoms with Crippen molar-refractivity contribution in [2.45, 2.75) is 0 Å². The summed E-state index contributed by atoms with van der Waals surface area (Å²) in [4.78, 5) is 11.9. The Bertz CT molecular complexity index is 441. The largest absolute Gasteiger partial charge is 0.504 e. The molecule has 0 unspecified atom stereocenters. The molecule has 1 rings (SSSR count). The fraction of sp³-hybridized carbons (Fsp3) is 0.417. The molecular formula is C12H16O6. The van der Waals surface area contributed by atoms with Crippen molar-refractivity contribution in [1.82, 2.24) is 0 Å².